The van der Waals surface area contributed by atoms with Crippen molar-refractivity contribution in [3.63, 3.8) is 0 Å². The maximum Gasteiger partial charge on any atom is 0.180 e. The lowest BCUT2D eigenvalue weighted by Gasteiger charge is -2.36. The standard InChI is InChI=1S/C51H37OPS/c1-34-22-26-38(27-23-34)51(39-28-24-35(2)25-29-39,47-30-31-48(54-47)53(52,41-15-5-3-6-16-41)42-17-7-4-8-18-42)40-32-37-14-11-20-44-43-19-9-12-36-13-10-21-45(49(36)43)46(33-40)50(37)44/h3-33H,1-2H3. The van der Waals surface area contributed by atoms with Crippen molar-refractivity contribution >= 4 is 76.8 Å². The summed E-state index contributed by atoms with van der Waals surface area (Å²) in [5.41, 5.74) is 5.25. The van der Waals surface area contributed by atoms with Crippen LogP contribution in [0.1, 0.15) is 32.7 Å². The third kappa shape index (κ3) is 4.87. The SMILES string of the molecule is Cc1ccc(C(c2ccc(C)cc2)(c2cc3cccc4c5cccc6cccc(c(c2)c34)c65)c2ccc(P(=O)(c3ccccc3)c3ccccc3)s2)cc1. The first kappa shape index (κ1) is 32.8. The summed E-state index contributed by atoms with van der Waals surface area (Å²) < 4.78 is 16.7. The quantitative estimate of drug-likeness (QED) is 0.0691. The second-order valence-electron chi connectivity index (χ2n) is 14.5. The zero-order valence-corrected chi connectivity index (χ0v) is 31.9. The molecule has 0 aliphatic carbocycles. The molecule has 0 amide bonds. The number of hydrogen-bond donors (Lipinski definition) is 0. The Hall–Kier alpha value is -5.79. The van der Waals surface area contributed by atoms with Gasteiger partial charge in [-0.25, -0.2) is 0 Å². The Labute approximate surface area is 319 Å². The second-order valence-corrected chi connectivity index (χ2v) is 18.7. The van der Waals surface area contributed by atoms with Gasteiger partial charge < -0.3 is 4.57 Å². The van der Waals surface area contributed by atoms with E-state index < -0.39 is 12.6 Å². The largest absolute Gasteiger partial charge is 0.308 e. The number of rotatable bonds is 7. The Morgan fingerprint density at radius 1 is 0.426 bits per heavy atom. The summed E-state index contributed by atoms with van der Waals surface area (Å²) in [4.78, 5) is 1.13. The fraction of sp³-hybridized carbons (Fsp3) is 0.0588. The van der Waals surface area contributed by atoms with Crippen molar-refractivity contribution in [1.29, 1.82) is 0 Å². The first-order chi connectivity index (χ1) is 26.5. The summed E-state index contributed by atoms with van der Waals surface area (Å²) in [5.74, 6) is 0. The highest BCUT2D eigenvalue weighted by atomic mass is 32.1. The molecule has 0 saturated heterocycles. The van der Waals surface area contributed by atoms with E-state index in [0.29, 0.717) is 0 Å². The van der Waals surface area contributed by atoms with E-state index in [-0.39, 0.29) is 0 Å². The van der Waals surface area contributed by atoms with Gasteiger partial charge in [-0.15, -0.1) is 11.3 Å². The number of benzene rings is 9. The van der Waals surface area contributed by atoms with Crippen LogP contribution in [-0.4, -0.2) is 0 Å². The first-order valence-corrected chi connectivity index (χ1v) is 21.0. The highest BCUT2D eigenvalue weighted by Crippen LogP contribution is 2.52. The molecule has 10 aromatic rings. The average Bonchev–Trinajstić information content (AvgIpc) is 3.73. The molecule has 0 unspecified atom stereocenters. The molecule has 1 nitrogen and oxygen atoms in total. The first-order valence-electron chi connectivity index (χ1n) is 18.5. The molecule has 1 aromatic heterocycles. The summed E-state index contributed by atoms with van der Waals surface area (Å²) in [7, 11) is -3.21. The maximum absolute atomic E-state index is 15.8. The van der Waals surface area contributed by atoms with Gasteiger partial charge in [-0.1, -0.05) is 175 Å². The Morgan fingerprint density at radius 3 is 1.44 bits per heavy atom. The minimum absolute atomic E-state index is 0.714. The monoisotopic (exact) mass is 728 g/mol. The molecule has 0 saturated carbocycles. The Balaban J connectivity index is 1.34. The second kappa shape index (κ2) is 12.7. The average molecular weight is 729 g/mol. The van der Waals surface area contributed by atoms with Crippen LogP contribution in [0.15, 0.2) is 188 Å². The molecule has 0 spiro atoms. The van der Waals surface area contributed by atoms with Gasteiger partial charge in [0.1, 0.15) is 0 Å². The Bertz CT molecular complexity index is 2920. The third-order valence-electron chi connectivity index (χ3n) is 11.4. The van der Waals surface area contributed by atoms with Crippen LogP contribution in [0.25, 0.3) is 43.1 Å². The zero-order chi connectivity index (χ0) is 36.4. The molecule has 3 heteroatoms. The summed E-state index contributed by atoms with van der Waals surface area (Å²) in [6.45, 7) is 4.30. The number of thiophene rings is 1. The van der Waals surface area contributed by atoms with Crippen LogP contribution in [0.2, 0.25) is 0 Å². The summed E-state index contributed by atoms with van der Waals surface area (Å²) in [6.07, 6.45) is 0. The minimum atomic E-state index is -3.21. The van der Waals surface area contributed by atoms with Gasteiger partial charge >= 0.3 is 0 Å². The molecular formula is C51H37OPS. The van der Waals surface area contributed by atoms with Gasteiger partial charge in [-0.3, -0.25) is 0 Å². The van der Waals surface area contributed by atoms with Crippen LogP contribution in [0.3, 0.4) is 0 Å². The number of fused-ring (bicyclic) bond motifs is 2. The molecular weight excluding hydrogens is 692 g/mol. The predicted molar refractivity (Wildman–Crippen MR) is 233 cm³/mol. The number of aryl methyl sites for hydroxylation is 2. The van der Waals surface area contributed by atoms with E-state index in [4.69, 9.17) is 0 Å². The van der Waals surface area contributed by atoms with Crippen LogP contribution >= 0.6 is 18.5 Å². The smallest absolute Gasteiger partial charge is 0.180 e. The van der Waals surface area contributed by atoms with Crippen molar-refractivity contribution in [3.8, 4) is 0 Å². The fourth-order valence-electron chi connectivity index (χ4n) is 8.78. The van der Waals surface area contributed by atoms with Gasteiger partial charge in [0.05, 0.1) is 10.0 Å². The van der Waals surface area contributed by atoms with Crippen molar-refractivity contribution in [1.82, 2.24) is 0 Å². The lowest BCUT2D eigenvalue weighted by atomic mass is 9.67. The van der Waals surface area contributed by atoms with Gasteiger partial charge in [-0.05, 0) is 97.9 Å². The molecule has 258 valence electrons. The molecule has 0 aliphatic rings. The molecule has 0 fully saturated rings. The molecule has 9 aromatic carbocycles. The van der Waals surface area contributed by atoms with Gasteiger partial charge in [0.25, 0.3) is 0 Å². The van der Waals surface area contributed by atoms with E-state index in [1.807, 2.05) is 60.7 Å². The van der Waals surface area contributed by atoms with Gasteiger partial charge in [0.15, 0.2) is 7.14 Å². The lowest BCUT2D eigenvalue weighted by molar-refractivity contribution is 0.593. The van der Waals surface area contributed by atoms with Gasteiger partial charge in [0, 0.05) is 15.5 Å². The van der Waals surface area contributed by atoms with Crippen molar-refractivity contribution in [2.24, 2.45) is 0 Å². The topological polar surface area (TPSA) is 17.1 Å². The van der Waals surface area contributed by atoms with Crippen molar-refractivity contribution in [2.45, 2.75) is 19.3 Å². The molecule has 10 rings (SSSR count). The predicted octanol–water partition coefficient (Wildman–Crippen LogP) is 12.4. The normalized spacial score (nSPS) is 12.3. The van der Waals surface area contributed by atoms with Gasteiger partial charge in [-0.2, -0.15) is 0 Å². The molecule has 54 heavy (non-hydrogen) atoms. The van der Waals surface area contributed by atoms with E-state index in [0.717, 1.165) is 20.1 Å². The van der Waals surface area contributed by atoms with Gasteiger partial charge in [0.2, 0.25) is 0 Å². The fourth-order valence-corrected chi connectivity index (χ4v) is 13.5. The zero-order valence-electron chi connectivity index (χ0n) is 30.2. The van der Waals surface area contributed by atoms with Crippen LogP contribution in [0.5, 0.6) is 0 Å². The van der Waals surface area contributed by atoms with E-state index in [1.54, 1.807) is 11.3 Å². The van der Waals surface area contributed by atoms with E-state index >= 15 is 4.57 Å². The molecule has 0 bridgehead atoms. The van der Waals surface area contributed by atoms with Crippen molar-refractivity contribution in [2.75, 3.05) is 0 Å². The van der Waals surface area contributed by atoms with E-state index in [1.165, 1.54) is 70.9 Å². The Kier molecular flexibility index (Phi) is 7.70. The number of hydrogen-bond acceptors (Lipinski definition) is 2. The van der Waals surface area contributed by atoms with Crippen LogP contribution in [-0.2, 0) is 9.98 Å². The van der Waals surface area contributed by atoms with Crippen molar-refractivity contribution in [3.05, 3.63) is 221 Å². The maximum atomic E-state index is 15.8. The lowest BCUT2D eigenvalue weighted by Crippen LogP contribution is -2.30. The van der Waals surface area contributed by atoms with E-state index in [9.17, 15) is 0 Å². The highest BCUT2D eigenvalue weighted by molar-refractivity contribution is 7.89. The van der Waals surface area contributed by atoms with Crippen LogP contribution < -0.4 is 15.2 Å². The van der Waals surface area contributed by atoms with Crippen LogP contribution in [0, 0.1) is 13.8 Å². The summed E-state index contributed by atoms with van der Waals surface area (Å²) >= 11 is 1.69. The summed E-state index contributed by atoms with van der Waals surface area (Å²) in [6, 6.07) is 67.6. The van der Waals surface area contributed by atoms with Crippen molar-refractivity contribution < 1.29 is 4.57 Å². The highest BCUT2D eigenvalue weighted by Gasteiger charge is 2.42. The van der Waals surface area contributed by atoms with Crippen LogP contribution in [0.4, 0.5) is 0 Å². The third-order valence-corrected chi connectivity index (χ3v) is 16.2. The molecule has 1 heterocycles. The molecule has 0 radical (unpaired) electrons. The molecule has 0 atom stereocenters. The Morgan fingerprint density at radius 2 is 0.907 bits per heavy atom. The molecule has 0 aliphatic heterocycles. The molecule has 0 N–H and O–H groups in total. The summed E-state index contributed by atoms with van der Waals surface area (Å²) in [5, 5.41) is 11.8. The minimum Gasteiger partial charge on any atom is -0.308 e. The van der Waals surface area contributed by atoms with E-state index in [2.05, 4.69) is 141 Å².